The Morgan fingerprint density at radius 2 is 1.87 bits per heavy atom. The molecule has 128 valence electrons. The molecule has 0 bridgehead atoms. The first-order valence-corrected chi connectivity index (χ1v) is 9.25. The molecule has 1 aliphatic rings. The Kier molecular flexibility index (Phi) is 5.44. The van der Waals surface area contributed by atoms with Gasteiger partial charge in [0.25, 0.3) is 0 Å². The Morgan fingerprint density at radius 3 is 2.43 bits per heavy atom. The van der Waals surface area contributed by atoms with Gasteiger partial charge in [0.15, 0.2) is 0 Å². The van der Waals surface area contributed by atoms with Crippen LogP contribution in [0.25, 0.3) is 0 Å². The van der Waals surface area contributed by atoms with E-state index in [0.29, 0.717) is 5.69 Å². The Morgan fingerprint density at radius 1 is 1.26 bits per heavy atom. The maximum absolute atomic E-state index is 12.4. The number of carbonyl (C=O) groups is 1. The first-order valence-electron chi connectivity index (χ1n) is 7.81. The van der Waals surface area contributed by atoms with E-state index < -0.39 is 10.0 Å². The van der Waals surface area contributed by atoms with Crippen LogP contribution in [0.5, 0.6) is 0 Å². The first-order chi connectivity index (χ1) is 10.7. The maximum atomic E-state index is 12.4. The number of hydrogen-bond donors (Lipinski definition) is 1. The van der Waals surface area contributed by atoms with E-state index in [1.807, 2.05) is 13.8 Å². The predicted octanol–water partition coefficient (Wildman–Crippen LogP) is 1.67. The van der Waals surface area contributed by atoms with Crippen molar-refractivity contribution >= 4 is 21.6 Å². The molecule has 6 nitrogen and oxygen atoms in total. The minimum absolute atomic E-state index is 0.102. The first kappa shape index (κ1) is 17.9. The highest BCUT2D eigenvalue weighted by molar-refractivity contribution is 7.89. The van der Waals surface area contributed by atoms with E-state index in [0.717, 1.165) is 35.8 Å². The van der Waals surface area contributed by atoms with Gasteiger partial charge in [-0.15, -0.1) is 0 Å². The number of rotatable bonds is 5. The van der Waals surface area contributed by atoms with E-state index in [1.165, 1.54) is 20.2 Å². The molecule has 23 heavy (non-hydrogen) atoms. The van der Waals surface area contributed by atoms with Gasteiger partial charge in [0.1, 0.15) is 0 Å². The molecule has 0 radical (unpaired) electrons. The maximum Gasteiger partial charge on any atom is 0.242 e. The number of nitrogens with zero attached hydrogens (tertiary/aromatic N) is 2. The van der Waals surface area contributed by atoms with Crippen LogP contribution in [-0.2, 0) is 14.8 Å². The third-order valence-corrected chi connectivity index (χ3v) is 6.12. The standard InChI is InChI=1S/C16H25N3O3S/c1-12-7-8-14(23(21,22)18(3)4)11-15(12)17-16(20)13(2)19-9-5-6-10-19/h7-8,11,13H,5-6,9-10H2,1-4H3,(H,17,20)/t13-/m1/s1. The van der Waals surface area contributed by atoms with Gasteiger partial charge in [-0.3, -0.25) is 9.69 Å². The molecule has 1 heterocycles. The zero-order valence-corrected chi connectivity index (χ0v) is 15.0. The van der Waals surface area contributed by atoms with Gasteiger partial charge in [-0.1, -0.05) is 6.07 Å². The van der Waals surface area contributed by atoms with Crippen molar-refractivity contribution in [3.05, 3.63) is 23.8 Å². The lowest BCUT2D eigenvalue weighted by Crippen LogP contribution is -2.40. The van der Waals surface area contributed by atoms with Crippen LogP contribution in [-0.4, -0.2) is 56.8 Å². The number of benzene rings is 1. The molecule has 0 saturated carbocycles. The van der Waals surface area contributed by atoms with E-state index >= 15 is 0 Å². The number of sulfonamides is 1. The average molecular weight is 339 g/mol. The van der Waals surface area contributed by atoms with Crippen molar-refractivity contribution in [2.45, 2.75) is 37.6 Å². The molecule has 1 fully saturated rings. The van der Waals surface area contributed by atoms with Gasteiger partial charge in [0.05, 0.1) is 10.9 Å². The molecule has 0 spiro atoms. The molecule has 1 aliphatic heterocycles. The lowest BCUT2D eigenvalue weighted by molar-refractivity contribution is -0.120. The van der Waals surface area contributed by atoms with Crippen molar-refractivity contribution in [2.75, 3.05) is 32.5 Å². The van der Waals surface area contributed by atoms with Gasteiger partial charge < -0.3 is 5.32 Å². The van der Waals surface area contributed by atoms with Gasteiger partial charge in [-0.05, 0) is 57.5 Å². The van der Waals surface area contributed by atoms with Crippen LogP contribution in [0, 0.1) is 6.92 Å². The summed E-state index contributed by atoms with van der Waals surface area (Å²) in [6, 6.07) is 4.58. The van der Waals surface area contributed by atoms with Gasteiger partial charge in [0, 0.05) is 19.8 Å². The van der Waals surface area contributed by atoms with Crippen molar-refractivity contribution in [1.82, 2.24) is 9.21 Å². The number of carbonyl (C=O) groups excluding carboxylic acids is 1. The van der Waals surface area contributed by atoms with Crippen molar-refractivity contribution in [1.29, 1.82) is 0 Å². The molecule has 7 heteroatoms. The highest BCUT2D eigenvalue weighted by Gasteiger charge is 2.25. The fourth-order valence-corrected chi connectivity index (χ4v) is 3.57. The summed E-state index contributed by atoms with van der Waals surface area (Å²) >= 11 is 0. The Balaban J connectivity index is 2.21. The smallest absolute Gasteiger partial charge is 0.242 e. The average Bonchev–Trinajstić information content (AvgIpc) is 3.02. The van der Waals surface area contributed by atoms with Gasteiger partial charge in [-0.25, -0.2) is 12.7 Å². The predicted molar refractivity (Wildman–Crippen MR) is 91.0 cm³/mol. The van der Waals surface area contributed by atoms with E-state index in [-0.39, 0.29) is 16.8 Å². The fourth-order valence-electron chi connectivity index (χ4n) is 2.64. The minimum atomic E-state index is -3.52. The van der Waals surface area contributed by atoms with Crippen molar-refractivity contribution in [3.8, 4) is 0 Å². The molecular formula is C16H25N3O3S. The normalized spacial score (nSPS) is 17.4. The van der Waals surface area contributed by atoms with Gasteiger partial charge in [-0.2, -0.15) is 0 Å². The second kappa shape index (κ2) is 6.98. The fraction of sp³-hybridized carbons (Fsp3) is 0.562. The van der Waals surface area contributed by atoms with Gasteiger partial charge in [0.2, 0.25) is 15.9 Å². The molecule has 2 rings (SSSR count). The molecule has 1 saturated heterocycles. The zero-order valence-electron chi connectivity index (χ0n) is 14.2. The van der Waals surface area contributed by atoms with Crippen LogP contribution in [0.2, 0.25) is 0 Å². The van der Waals surface area contributed by atoms with E-state index in [4.69, 9.17) is 0 Å². The zero-order chi connectivity index (χ0) is 17.2. The lowest BCUT2D eigenvalue weighted by Gasteiger charge is -2.23. The summed E-state index contributed by atoms with van der Waals surface area (Å²) in [4.78, 5) is 14.8. The van der Waals surface area contributed by atoms with E-state index in [9.17, 15) is 13.2 Å². The summed E-state index contributed by atoms with van der Waals surface area (Å²) in [6.07, 6.45) is 2.24. The van der Waals surface area contributed by atoms with Crippen LogP contribution in [0.1, 0.15) is 25.3 Å². The van der Waals surface area contributed by atoms with Crippen LogP contribution in [0.4, 0.5) is 5.69 Å². The van der Waals surface area contributed by atoms with Crippen LogP contribution in [0.3, 0.4) is 0 Å². The molecule has 0 aromatic heterocycles. The third kappa shape index (κ3) is 3.91. The largest absolute Gasteiger partial charge is 0.324 e. The summed E-state index contributed by atoms with van der Waals surface area (Å²) in [7, 11) is -0.538. The number of hydrogen-bond acceptors (Lipinski definition) is 4. The molecule has 1 atom stereocenters. The van der Waals surface area contributed by atoms with Crippen LogP contribution < -0.4 is 5.32 Å². The summed E-state index contributed by atoms with van der Waals surface area (Å²) in [5, 5.41) is 2.87. The Hall–Kier alpha value is -1.44. The second-order valence-electron chi connectivity index (χ2n) is 6.17. The molecule has 1 N–H and O–H groups in total. The Labute approximate surface area is 138 Å². The number of aryl methyl sites for hydroxylation is 1. The molecule has 0 aliphatic carbocycles. The molecule has 0 unspecified atom stereocenters. The topological polar surface area (TPSA) is 69.7 Å². The van der Waals surface area contributed by atoms with E-state index in [2.05, 4.69) is 10.2 Å². The molecule has 1 amide bonds. The lowest BCUT2D eigenvalue weighted by atomic mass is 10.2. The van der Waals surface area contributed by atoms with Crippen molar-refractivity contribution < 1.29 is 13.2 Å². The van der Waals surface area contributed by atoms with Crippen LogP contribution >= 0.6 is 0 Å². The van der Waals surface area contributed by atoms with Crippen molar-refractivity contribution in [3.63, 3.8) is 0 Å². The number of nitrogens with one attached hydrogen (secondary N) is 1. The monoisotopic (exact) mass is 339 g/mol. The Bertz CT molecular complexity index is 680. The van der Waals surface area contributed by atoms with Crippen LogP contribution in [0.15, 0.2) is 23.1 Å². The summed E-state index contributed by atoms with van der Waals surface area (Å²) in [5.41, 5.74) is 1.38. The van der Waals surface area contributed by atoms with Gasteiger partial charge >= 0.3 is 0 Å². The number of anilines is 1. The highest BCUT2D eigenvalue weighted by Crippen LogP contribution is 2.23. The van der Waals surface area contributed by atoms with Crippen molar-refractivity contribution in [2.24, 2.45) is 0 Å². The third-order valence-electron chi connectivity index (χ3n) is 4.31. The molecule has 1 aromatic rings. The minimum Gasteiger partial charge on any atom is -0.324 e. The number of amides is 1. The summed E-state index contributed by atoms with van der Waals surface area (Å²) < 4.78 is 25.6. The SMILES string of the molecule is Cc1ccc(S(=O)(=O)N(C)C)cc1NC(=O)[C@@H](C)N1CCCC1. The quantitative estimate of drug-likeness (QED) is 0.886. The van der Waals surface area contributed by atoms with E-state index in [1.54, 1.807) is 12.1 Å². The second-order valence-corrected chi connectivity index (χ2v) is 8.32. The summed E-state index contributed by atoms with van der Waals surface area (Å²) in [6.45, 7) is 5.60. The summed E-state index contributed by atoms with van der Waals surface area (Å²) in [5.74, 6) is -0.102. The molecular weight excluding hydrogens is 314 g/mol. The highest BCUT2D eigenvalue weighted by atomic mass is 32.2. The molecule has 1 aromatic carbocycles. The number of likely N-dealkylation sites (tertiary alicyclic amines) is 1.